The van der Waals surface area contributed by atoms with Crippen molar-refractivity contribution in [3.8, 4) is 0 Å². The first-order valence-electron chi connectivity index (χ1n) is 7.14. The third-order valence-electron chi connectivity index (χ3n) is 3.83. The standard InChI is InChI=1S/C14H18N2O3S2/c1-8(13(17)18-2)20-14-16-15-12(19-14)11-7-9-5-3-4-6-10(9)21-11/h7-10H,3-6H2,1-2H3. The van der Waals surface area contributed by atoms with E-state index in [1.54, 1.807) is 6.92 Å². The molecule has 0 amide bonds. The van der Waals surface area contributed by atoms with E-state index in [0.717, 1.165) is 4.91 Å². The van der Waals surface area contributed by atoms with E-state index in [2.05, 4.69) is 21.0 Å². The summed E-state index contributed by atoms with van der Waals surface area (Å²) in [6.45, 7) is 1.76. The van der Waals surface area contributed by atoms with Gasteiger partial charge in [0.1, 0.15) is 5.25 Å². The first kappa shape index (κ1) is 15.0. The Labute approximate surface area is 132 Å². The van der Waals surface area contributed by atoms with Crippen LogP contribution in [0.2, 0.25) is 0 Å². The monoisotopic (exact) mass is 326 g/mol. The third-order valence-corrected chi connectivity index (χ3v) is 6.19. The van der Waals surface area contributed by atoms with E-state index in [0.29, 0.717) is 22.3 Å². The molecule has 7 heteroatoms. The van der Waals surface area contributed by atoms with E-state index < -0.39 is 0 Å². The average molecular weight is 326 g/mol. The third kappa shape index (κ3) is 3.29. The number of hydrogen-bond acceptors (Lipinski definition) is 7. The highest BCUT2D eigenvalue weighted by molar-refractivity contribution is 8.09. The van der Waals surface area contributed by atoms with Gasteiger partial charge in [0.2, 0.25) is 0 Å². The highest BCUT2D eigenvalue weighted by Crippen LogP contribution is 2.48. The van der Waals surface area contributed by atoms with Gasteiger partial charge < -0.3 is 9.15 Å². The van der Waals surface area contributed by atoms with Gasteiger partial charge in [-0.15, -0.1) is 22.0 Å². The van der Waals surface area contributed by atoms with Crippen LogP contribution in [0.15, 0.2) is 15.7 Å². The van der Waals surface area contributed by atoms with Crippen LogP contribution in [0.25, 0.3) is 4.91 Å². The minimum Gasteiger partial charge on any atom is -0.468 e. The van der Waals surface area contributed by atoms with Crippen LogP contribution in [0.1, 0.15) is 38.5 Å². The summed E-state index contributed by atoms with van der Waals surface area (Å²) in [5.74, 6) is 0.935. The molecule has 3 rings (SSSR count). The van der Waals surface area contributed by atoms with Crippen LogP contribution < -0.4 is 0 Å². The molecule has 1 aromatic heterocycles. The van der Waals surface area contributed by atoms with Gasteiger partial charge in [0, 0.05) is 5.25 Å². The van der Waals surface area contributed by atoms with E-state index in [1.807, 2.05) is 11.8 Å². The maximum Gasteiger partial charge on any atom is 0.319 e. The second-order valence-corrected chi connectivity index (χ2v) is 7.86. The van der Waals surface area contributed by atoms with Crippen molar-refractivity contribution in [3.63, 3.8) is 0 Å². The maximum atomic E-state index is 11.4. The van der Waals surface area contributed by atoms with E-state index >= 15 is 0 Å². The molecule has 1 saturated carbocycles. The molecule has 0 aromatic carbocycles. The Hall–Kier alpha value is -0.950. The van der Waals surface area contributed by atoms with Gasteiger partial charge in [-0.25, -0.2) is 0 Å². The molecule has 3 unspecified atom stereocenters. The number of rotatable bonds is 4. The summed E-state index contributed by atoms with van der Waals surface area (Å²) in [7, 11) is 1.38. The Kier molecular flexibility index (Phi) is 4.59. The maximum absolute atomic E-state index is 11.4. The second kappa shape index (κ2) is 6.44. The minimum atomic E-state index is -0.351. The Morgan fingerprint density at radius 3 is 3.05 bits per heavy atom. The van der Waals surface area contributed by atoms with E-state index in [1.165, 1.54) is 44.6 Å². The zero-order valence-electron chi connectivity index (χ0n) is 12.1. The molecule has 1 aromatic rings. The average Bonchev–Trinajstić information content (AvgIpc) is 3.12. The van der Waals surface area contributed by atoms with Crippen LogP contribution >= 0.6 is 23.5 Å². The molecule has 21 heavy (non-hydrogen) atoms. The fourth-order valence-corrected chi connectivity index (χ4v) is 4.85. The Morgan fingerprint density at radius 2 is 2.29 bits per heavy atom. The molecule has 1 aliphatic carbocycles. The van der Waals surface area contributed by atoms with Crippen LogP contribution in [0.3, 0.4) is 0 Å². The lowest BCUT2D eigenvalue weighted by Gasteiger charge is -2.23. The van der Waals surface area contributed by atoms with Crippen molar-refractivity contribution in [1.82, 2.24) is 10.2 Å². The number of allylic oxidation sites excluding steroid dienone is 1. The van der Waals surface area contributed by atoms with Crippen molar-refractivity contribution in [2.75, 3.05) is 7.11 Å². The van der Waals surface area contributed by atoms with E-state index in [-0.39, 0.29) is 11.2 Å². The molecule has 0 spiro atoms. The molecule has 3 atom stereocenters. The molecule has 0 saturated heterocycles. The van der Waals surface area contributed by atoms with Crippen LogP contribution in [0.4, 0.5) is 0 Å². The number of esters is 1. The lowest BCUT2D eigenvalue weighted by Crippen LogP contribution is -2.15. The largest absolute Gasteiger partial charge is 0.468 e. The quantitative estimate of drug-likeness (QED) is 0.621. The lowest BCUT2D eigenvalue weighted by atomic mass is 9.89. The number of carbonyl (C=O) groups excluding carboxylic acids is 1. The van der Waals surface area contributed by atoms with Crippen LogP contribution in [0, 0.1) is 5.92 Å². The summed E-state index contributed by atoms with van der Waals surface area (Å²) in [5, 5.41) is 8.87. The van der Waals surface area contributed by atoms with Crippen molar-refractivity contribution in [2.45, 2.75) is 48.3 Å². The first-order valence-corrected chi connectivity index (χ1v) is 8.90. The lowest BCUT2D eigenvalue weighted by molar-refractivity contribution is -0.139. The fraction of sp³-hybridized carbons (Fsp3) is 0.643. The molecule has 114 valence electrons. The van der Waals surface area contributed by atoms with Gasteiger partial charge in [-0.1, -0.05) is 30.7 Å². The van der Waals surface area contributed by atoms with Crippen LogP contribution in [0.5, 0.6) is 0 Å². The van der Waals surface area contributed by atoms with Gasteiger partial charge in [-0.05, 0) is 25.7 Å². The Morgan fingerprint density at radius 1 is 1.48 bits per heavy atom. The summed E-state index contributed by atoms with van der Waals surface area (Å²) in [6, 6.07) is 0. The number of fused-ring (bicyclic) bond motifs is 1. The molecular formula is C14H18N2O3S2. The molecule has 1 aliphatic heterocycles. The van der Waals surface area contributed by atoms with Crippen LogP contribution in [-0.4, -0.2) is 33.8 Å². The van der Waals surface area contributed by atoms with Crippen molar-refractivity contribution < 1.29 is 13.9 Å². The van der Waals surface area contributed by atoms with Gasteiger partial charge in [0.05, 0.1) is 12.0 Å². The molecular weight excluding hydrogens is 308 g/mol. The number of thioether (sulfide) groups is 2. The number of carbonyl (C=O) groups is 1. The Bertz CT molecular complexity index is 558. The SMILES string of the molecule is COC(=O)C(C)Sc1nnc(C2=CC3CCCCC3S2)o1. The molecule has 5 nitrogen and oxygen atoms in total. The van der Waals surface area contributed by atoms with Gasteiger partial charge in [0.15, 0.2) is 0 Å². The van der Waals surface area contributed by atoms with Crippen molar-refractivity contribution >= 4 is 34.4 Å². The summed E-state index contributed by atoms with van der Waals surface area (Å²) >= 11 is 3.08. The predicted octanol–water partition coefficient (Wildman–Crippen LogP) is 3.37. The zero-order valence-corrected chi connectivity index (χ0v) is 13.7. The van der Waals surface area contributed by atoms with Gasteiger partial charge in [0.25, 0.3) is 11.1 Å². The topological polar surface area (TPSA) is 65.2 Å². The molecule has 1 fully saturated rings. The molecule has 2 heterocycles. The van der Waals surface area contributed by atoms with Crippen molar-refractivity contribution in [1.29, 1.82) is 0 Å². The number of ether oxygens (including phenoxy) is 1. The first-order chi connectivity index (χ1) is 10.2. The summed E-state index contributed by atoms with van der Waals surface area (Å²) in [5.41, 5.74) is 0. The highest BCUT2D eigenvalue weighted by Gasteiger charge is 2.33. The summed E-state index contributed by atoms with van der Waals surface area (Å²) in [6.07, 6.45) is 7.44. The number of nitrogens with zero attached hydrogens (tertiary/aromatic N) is 2. The normalized spacial score (nSPS) is 26.1. The number of methoxy groups -OCH3 is 1. The van der Waals surface area contributed by atoms with Gasteiger partial charge in [-0.2, -0.15) is 0 Å². The van der Waals surface area contributed by atoms with Gasteiger partial charge >= 0.3 is 5.97 Å². The number of hydrogen-bond donors (Lipinski definition) is 0. The van der Waals surface area contributed by atoms with Crippen molar-refractivity contribution in [3.05, 3.63) is 12.0 Å². The highest BCUT2D eigenvalue weighted by atomic mass is 32.2. The molecule has 0 N–H and O–H groups in total. The molecule has 0 bridgehead atoms. The summed E-state index contributed by atoms with van der Waals surface area (Å²) in [4.78, 5) is 12.5. The second-order valence-electron chi connectivity index (χ2n) is 5.29. The smallest absolute Gasteiger partial charge is 0.319 e. The molecule has 0 radical (unpaired) electrons. The van der Waals surface area contributed by atoms with E-state index in [4.69, 9.17) is 4.42 Å². The van der Waals surface area contributed by atoms with Crippen LogP contribution in [-0.2, 0) is 9.53 Å². The fourth-order valence-electron chi connectivity index (χ4n) is 2.70. The summed E-state index contributed by atoms with van der Waals surface area (Å²) < 4.78 is 10.4. The minimum absolute atomic E-state index is 0.291. The zero-order chi connectivity index (χ0) is 14.8. The molecule has 2 aliphatic rings. The predicted molar refractivity (Wildman–Crippen MR) is 82.9 cm³/mol. The van der Waals surface area contributed by atoms with Crippen molar-refractivity contribution in [2.24, 2.45) is 5.92 Å². The number of aromatic nitrogens is 2. The Balaban J connectivity index is 1.67. The van der Waals surface area contributed by atoms with E-state index in [9.17, 15) is 4.79 Å². The van der Waals surface area contributed by atoms with Gasteiger partial charge in [-0.3, -0.25) is 4.79 Å².